The number of nitrogens with one attached hydrogen (secondary N) is 1. The monoisotopic (exact) mass is 387 g/mol. The molecule has 0 saturated heterocycles. The molecule has 24 heavy (non-hydrogen) atoms. The Morgan fingerprint density at radius 3 is 2.00 bits per heavy atom. The average Bonchev–Trinajstić information content (AvgIpc) is 2.45. The third-order valence-corrected chi connectivity index (χ3v) is 3.40. The second-order valence-electron chi connectivity index (χ2n) is 4.66. The van der Waals surface area contributed by atoms with Gasteiger partial charge in [-0.15, -0.1) is 8.78 Å². The van der Waals surface area contributed by atoms with E-state index in [2.05, 4.69) is 9.97 Å². The highest BCUT2D eigenvalue weighted by molar-refractivity contribution is 6.30. The summed E-state index contributed by atoms with van der Waals surface area (Å²) in [5.74, 6) is -14.7. The highest BCUT2D eigenvalue weighted by atomic mass is 35.5. The van der Waals surface area contributed by atoms with Crippen molar-refractivity contribution in [2.24, 2.45) is 0 Å². The average molecular weight is 388 g/mol. The summed E-state index contributed by atoms with van der Waals surface area (Å²) in [7, 11) is 0. The Kier molecular flexibility index (Phi) is 5.68. The molecule has 4 nitrogen and oxygen atoms in total. The summed E-state index contributed by atoms with van der Waals surface area (Å²) in [4.78, 5) is 6.29. The fourth-order valence-electron chi connectivity index (χ4n) is 1.69. The lowest BCUT2D eigenvalue weighted by Crippen LogP contribution is -3.14. The molecule has 0 saturated carbocycles. The van der Waals surface area contributed by atoms with Gasteiger partial charge in [-0.3, -0.25) is 0 Å². The minimum atomic E-state index is -6.67. The van der Waals surface area contributed by atoms with Gasteiger partial charge in [0.1, 0.15) is 5.15 Å². The van der Waals surface area contributed by atoms with Crippen LogP contribution in [0.4, 0.5) is 41.1 Å². The van der Waals surface area contributed by atoms with E-state index >= 15 is 0 Å². The smallest absolute Gasteiger partial charge is 0.467 e. The molecule has 0 aliphatic rings. The summed E-state index contributed by atoms with van der Waals surface area (Å²) >= 11 is 5.58. The van der Waals surface area contributed by atoms with Gasteiger partial charge in [-0.05, 0) is 13.3 Å². The number of alkyl halides is 8. The van der Waals surface area contributed by atoms with Crippen LogP contribution in [0.3, 0.4) is 0 Å². The number of aromatic nitrogens is 2. The van der Waals surface area contributed by atoms with Gasteiger partial charge < -0.3 is 5.21 Å². The minimum Gasteiger partial charge on any atom is -0.622 e. The lowest BCUT2D eigenvalue weighted by Gasteiger charge is -2.36. The molecule has 138 valence electrons. The van der Waals surface area contributed by atoms with Crippen LogP contribution in [0.2, 0.25) is 5.15 Å². The van der Waals surface area contributed by atoms with Crippen molar-refractivity contribution in [1.82, 2.24) is 9.97 Å². The number of nitrogens with zero attached hydrogens (tertiary/aromatic N) is 2. The molecule has 13 heteroatoms. The second kappa shape index (κ2) is 6.56. The molecule has 1 unspecified atom stereocenters. The maximum Gasteiger partial charge on any atom is 0.467 e. The molecule has 1 atom stereocenters. The van der Waals surface area contributed by atoms with Crippen LogP contribution in [0.15, 0.2) is 0 Å². The number of hydroxylamine groups is 1. The van der Waals surface area contributed by atoms with Crippen LogP contribution in [-0.4, -0.2) is 34.3 Å². The molecule has 0 aliphatic carbocycles. The van der Waals surface area contributed by atoms with E-state index in [0.717, 1.165) is 0 Å². The van der Waals surface area contributed by atoms with Crippen LogP contribution in [-0.2, 0) is 6.42 Å². The topological polar surface area (TPSA) is 53.3 Å². The SMILES string of the molecule is CCc1c(C)nc([NH+]([O-])C(F)(F)C(F)(F)C(F)(F)C(F)F)nc1Cl. The molecule has 1 heterocycles. The van der Waals surface area contributed by atoms with Gasteiger partial charge in [0.05, 0.1) is 5.69 Å². The number of hydrogen-bond donors (Lipinski definition) is 1. The quantitative estimate of drug-likeness (QED) is 0.353. The molecule has 1 N–H and O–H groups in total. The van der Waals surface area contributed by atoms with E-state index in [-0.39, 0.29) is 17.7 Å². The van der Waals surface area contributed by atoms with Gasteiger partial charge in [0.15, 0.2) is 0 Å². The van der Waals surface area contributed by atoms with Crippen LogP contribution in [0.1, 0.15) is 18.2 Å². The molecule has 0 amide bonds. The Morgan fingerprint density at radius 2 is 1.62 bits per heavy atom. The summed E-state index contributed by atoms with van der Waals surface area (Å²) in [5.41, 5.74) is 0.0850. The molecule has 1 aromatic heterocycles. The molecule has 0 aliphatic heterocycles. The Labute approximate surface area is 135 Å². The Hall–Kier alpha value is -1.27. The van der Waals surface area contributed by atoms with Gasteiger partial charge in [-0.1, -0.05) is 18.5 Å². The van der Waals surface area contributed by atoms with E-state index in [4.69, 9.17) is 11.6 Å². The number of quaternary nitrogens is 1. The fourth-order valence-corrected chi connectivity index (χ4v) is 2.04. The molecule has 0 spiro atoms. The first-order valence-corrected chi connectivity index (χ1v) is 6.59. The van der Waals surface area contributed by atoms with Crippen molar-refractivity contribution in [3.8, 4) is 0 Å². The van der Waals surface area contributed by atoms with Gasteiger partial charge >= 0.3 is 30.3 Å². The molecule has 1 rings (SSSR count). The van der Waals surface area contributed by atoms with Crippen LogP contribution in [0, 0.1) is 12.1 Å². The molecule has 0 aromatic carbocycles. The zero-order valence-electron chi connectivity index (χ0n) is 12.0. The molecule has 0 fully saturated rings. The maximum absolute atomic E-state index is 13.5. The first kappa shape index (κ1) is 20.8. The number of aryl methyl sites for hydroxylation is 1. The van der Waals surface area contributed by atoms with E-state index < -0.39 is 40.5 Å². The Bertz CT molecular complexity index is 590. The Balaban J connectivity index is 3.38. The molecular weight excluding hydrogens is 378 g/mol. The zero-order valence-corrected chi connectivity index (χ0v) is 12.7. The lowest BCUT2D eigenvalue weighted by atomic mass is 10.1. The summed E-state index contributed by atoms with van der Waals surface area (Å²) in [5, 5.41) is 8.03. The third kappa shape index (κ3) is 3.14. The molecule has 0 radical (unpaired) electrons. The second-order valence-corrected chi connectivity index (χ2v) is 5.02. The predicted molar refractivity (Wildman–Crippen MR) is 66.0 cm³/mol. The largest absolute Gasteiger partial charge is 0.622 e. The van der Waals surface area contributed by atoms with Crippen molar-refractivity contribution in [2.45, 2.75) is 44.6 Å². The van der Waals surface area contributed by atoms with Crippen LogP contribution >= 0.6 is 11.6 Å². The van der Waals surface area contributed by atoms with E-state index in [1.165, 1.54) is 6.92 Å². The summed E-state index contributed by atoms with van der Waals surface area (Å²) in [6.07, 6.45) is -4.92. The van der Waals surface area contributed by atoms with Crippen molar-refractivity contribution in [2.75, 3.05) is 0 Å². The minimum absolute atomic E-state index is 0.124. The van der Waals surface area contributed by atoms with Crippen molar-refractivity contribution in [3.63, 3.8) is 0 Å². The third-order valence-electron chi connectivity index (χ3n) is 3.09. The van der Waals surface area contributed by atoms with E-state index in [9.17, 15) is 40.3 Å². The van der Waals surface area contributed by atoms with Gasteiger partial charge in [-0.2, -0.15) is 27.5 Å². The molecule has 0 bridgehead atoms. The van der Waals surface area contributed by atoms with Crippen LogP contribution in [0.25, 0.3) is 0 Å². The highest BCUT2D eigenvalue weighted by Crippen LogP contribution is 2.46. The maximum atomic E-state index is 13.5. The molecular formula is C11H10ClF8N3O. The summed E-state index contributed by atoms with van der Waals surface area (Å²) < 4.78 is 103. The summed E-state index contributed by atoms with van der Waals surface area (Å²) in [6, 6.07) is -6.18. The predicted octanol–water partition coefficient (Wildman–Crippen LogP) is 3.14. The summed E-state index contributed by atoms with van der Waals surface area (Å²) in [6.45, 7) is 2.75. The van der Waals surface area contributed by atoms with Crippen molar-refractivity contribution in [1.29, 1.82) is 0 Å². The van der Waals surface area contributed by atoms with E-state index in [1.54, 1.807) is 6.92 Å². The van der Waals surface area contributed by atoms with E-state index in [1.807, 2.05) is 0 Å². The number of hydrogen-bond acceptors (Lipinski definition) is 3. The van der Waals surface area contributed by atoms with Gasteiger partial charge in [0.25, 0.3) is 0 Å². The number of halogens is 9. The fraction of sp³-hybridized carbons (Fsp3) is 0.636. The first-order valence-electron chi connectivity index (χ1n) is 6.21. The van der Waals surface area contributed by atoms with E-state index in [0.29, 0.717) is 0 Å². The van der Waals surface area contributed by atoms with Crippen molar-refractivity contribution < 1.29 is 40.2 Å². The highest BCUT2D eigenvalue weighted by Gasteiger charge is 2.80. The standard InChI is InChI=1S/C11H10ClF8N3O/c1-3-5-4(2)21-8(22-6(5)12)23(24)11(19,20)10(17,18)9(15,16)7(13)14/h7,23H,3H2,1-2H3. The Morgan fingerprint density at radius 1 is 1.12 bits per heavy atom. The number of rotatable bonds is 6. The van der Waals surface area contributed by atoms with Crippen molar-refractivity contribution in [3.05, 3.63) is 21.6 Å². The van der Waals surface area contributed by atoms with Crippen LogP contribution < -0.4 is 5.06 Å². The molecule has 1 aromatic rings. The van der Waals surface area contributed by atoms with Gasteiger partial charge in [-0.25, -0.2) is 13.8 Å². The normalized spacial score (nSPS) is 15.0. The van der Waals surface area contributed by atoms with Gasteiger partial charge in [0, 0.05) is 5.56 Å². The van der Waals surface area contributed by atoms with Gasteiger partial charge in [0.2, 0.25) is 0 Å². The van der Waals surface area contributed by atoms with Crippen molar-refractivity contribution >= 4 is 17.5 Å². The van der Waals surface area contributed by atoms with Crippen LogP contribution in [0.5, 0.6) is 0 Å². The zero-order chi connectivity index (χ0) is 19.1. The first-order chi connectivity index (χ1) is 10.7. The lowest BCUT2D eigenvalue weighted by molar-refractivity contribution is -0.909.